The molecule has 2 aromatic rings. The molecule has 1 heterocycles. The van der Waals surface area contributed by atoms with Crippen molar-refractivity contribution < 1.29 is 32.3 Å². The second-order valence-electron chi connectivity index (χ2n) is 5.45. The Morgan fingerprint density at radius 1 is 1.21 bits per heavy atom. The fraction of sp³-hybridized carbons (Fsp3) is 0.176. The molecule has 2 rings (SSSR count). The summed E-state index contributed by atoms with van der Waals surface area (Å²) in [6.07, 6.45) is -4.13. The smallest absolute Gasteiger partial charge is 0.417 e. The van der Waals surface area contributed by atoms with Crippen molar-refractivity contribution in [2.75, 3.05) is 18.5 Å². The summed E-state index contributed by atoms with van der Waals surface area (Å²) in [5.41, 5.74) is -0.763. The Morgan fingerprint density at radius 2 is 1.93 bits per heavy atom. The standard InChI is InChI=1S/C17H12BrClF3N3O4/c18-11-3-1-2-9(4-11)16(28)24-7-14(27)29-8-13(26)25-15-12(19)5-10(6-23-15)17(20,21)22/h1-6H,7-8H2,(H,24,28)(H,23,25,26). The first-order valence-corrected chi connectivity index (χ1v) is 8.95. The number of aromatic nitrogens is 1. The zero-order valence-electron chi connectivity index (χ0n) is 14.3. The van der Waals surface area contributed by atoms with E-state index in [1.807, 2.05) is 0 Å². The third-order valence-electron chi connectivity index (χ3n) is 3.27. The van der Waals surface area contributed by atoms with Crippen molar-refractivity contribution in [2.24, 2.45) is 0 Å². The Hall–Kier alpha value is -2.66. The van der Waals surface area contributed by atoms with Crippen LogP contribution in [0.3, 0.4) is 0 Å². The summed E-state index contributed by atoms with van der Waals surface area (Å²) in [7, 11) is 0. The van der Waals surface area contributed by atoms with Gasteiger partial charge in [0.2, 0.25) is 0 Å². The zero-order chi connectivity index (χ0) is 21.6. The second-order valence-corrected chi connectivity index (χ2v) is 6.78. The van der Waals surface area contributed by atoms with Crippen molar-refractivity contribution >= 4 is 51.1 Å². The molecule has 0 radical (unpaired) electrons. The highest BCUT2D eigenvalue weighted by molar-refractivity contribution is 9.10. The van der Waals surface area contributed by atoms with Crippen LogP contribution in [-0.4, -0.2) is 35.9 Å². The van der Waals surface area contributed by atoms with Crippen molar-refractivity contribution in [2.45, 2.75) is 6.18 Å². The number of carbonyl (C=O) groups excluding carboxylic acids is 3. The molecule has 0 atom stereocenters. The number of alkyl halides is 3. The molecule has 0 saturated heterocycles. The first-order valence-electron chi connectivity index (χ1n) is 7.78. The van der Waals surface area contributed by atoms with E-state index < -0.39 is 47.7 Å². The van der Waals surface area contributed by atoms with E-state index in [9.17, 15) is 27.6 Å². The molecule has 154 valence electrons. The SMILES string of the molecule is O=C(COC(=O)CNC(=O)c1cccc(Br)c1)Nc1ncc(C(F)(F)F)cc1Cl. The van der Waals surface area contributed by atoms with Gasteiger partial charge in [-0.1, -0.05) is 33.6 Å². The molecule has 0 aliphatic rings. The van der Waals surface area contributed by atoms with Gasteiger partial charge >= 0.3 is 12.1 Å². The largest absolute Gasteiger partial charge is 0.454 e. The van der Waals surface area contributed by atoms with Crippen molar-refractivity contribution in [1.82, 2.24) is 10.3 Å². The first-order chi connectivity index (χ1) is 13.6. The van der Waals surface area contributed by atoms with Crippen molar-refractivity contribution in [3.05, 3.63) is 57.2 Å². The number of rotatable bonds is 6. The third-order valence-corrected chi connectivity index (χ3v) is 4.05. The number of pyridine rings is 1. The number of amides is 2. The lowest BCUT2D eigenvalue weighted by molar-refractivity contribution is -0.146. The van der Waals surface area contributed by atoms with E-state index in [1.54, 1.807) is 24.3 Å². The molecular formula is C17H12BrClF3N3O4. The molecule has 0 spiro atoms. The highest BCUT2D eigenvalue weighted by atomic mass is 79.9. The van der Waals surface area contributed by atoms with Crippen LogP contribution >= 0.6 is 27.5 Å². The topological polar surface area (TPSA) is 97.4 Å². The lowest BCUT2D eigenvalue weighted by atomic mass is 10.2. The molecule has 0 unspecified atom stereocenters. The summed E-state index contributed by atoms with van der Waals surface area (Å²) in [6.45, 7) is -1.23. The lowest BCUT2D eigenvalue weighted by Gasteiger charge is -2.10. The van der Waals surface area contributed by atoms with Gasteiger partial charge in [-0.25, -0.2) is 4.98 Å². The number of hydrogen-bond acceptors (Lipinski definition) is 5. The van der Waals surface area contributed by atoms with Crippen LogP contribution < -0.4 is 10.6 Å². The number of nitrogens with zero attached hydrogens (tertiary/aromatic N) is 1. The molecule has 2 N–H and O–H groups in total. The van der Waals surface area contributed by atoms with Gasteiger partial charge < -0.3 is 15.4 Å². The number of halogens is 5. The second kappa shape index (κ2) is 9.70. The molecule has 7 nitrogen and oxygen atoms in total. The zero-order valence-corrected chi connectivity index (χ0v) is 16.7. The van der Waals surface area contributed by atoms with Gasteiger partial charge in [0.05, 0.1) is 10.6 Å². The molecule has 1 aromatic carbocycles. The fourth-order valence-electron chi connectivity index (χ4n) is 1.93. The molecule has 12 heteroatoms. The molecular weight excluding hydrogens is 483 g/mol. The van der Waals surface area contributed by atoms with Gasteiger partial charge in [-0.3, -0.25) is 14.4 Å². The molecule has 29 heavy (non-hydrogen) atoms. The summed E-state index contributed by atoms with van der Waals surface area (Å²) in [5.74, 6) is -2.60. The lowest BCUT2D eigenvalue weighted by Crippen LogP contribution is -2.32. The third kappa shape index (κ3) is 7.02. The number of carbonyl (C=O) groups is 3. The predicted octanol–water partition coefficient (Wildman–Crippen LogP) is 3.43. The number of benzene rings is 1. The quantitative estimate of drug-likeness (QED) is 0.600. The minimum atomic E-state index is -4.63. The van der Waals surface area contributed by atoms with Gasteiger partial charge in [0.1, 0.15) is 6.54 Å². The minimum Gasteiger partial charge on any atom is -0.454 e. The van der Waals surface area contributed by atoms with E-state index in [2.05, 4.69) is 36.3 Å². The Kier molecular flexibility index (Phi) is 7.57. The predicted molar refractivity (Wildman–Crippen MR) is 100 cm³/mol. The number of anilines is 1. The van der Waals surface area contributed by atoms with E-state index in [4.69, 9.17) is 11.6 Å². The number of ether oxygens (including phenoxy) is 1. The van der Waals surface area contributed by atoms with Crippen LogP contribution in [0.2, 0.25) is 5.02 Å². The van der Waals surface area contributed by atoms with Crippen molar-refractivity contribution in [3.8, 4) is 0 Å². The molecule has 0 aliphatic heterocycles. The number of nitrogens with one attached hydrogen (secondary N) is 2. The van der Waals surface area contributed by atoms with Crippen molar-refractivity contribution in [1.29, 1.82) is 0 Å². The van der Waals surface area contributed by atoms with Crippen LogP contribution in [0.4, 0.5) is 19.0 Å². The summed E-state index contributed by atoms with van der Waals surface area (Å²) >= 11 is 8.87. The fourth-order valence-corrected chi connectivity index (χ4v) is 2.55. The number of hydrogen-bond donors (Lipinski definition) is 2. The molecule has 0 bridgehead atoms. The van der Waals surface area contributed by atoms with E-state index in [0.717, 1.165) is 0 Å². The van der Waals surface area contributed by atoms with Gasteiger partial charge in [-0.15, -0.1) is 0 Å². The summed E-state index contributed by atoms with van der Waals surface area (Å²) in [6, 6.07) is 7.06. The van der Waals surface area contributed by atoms with Crippen LogP contribution in [0.25, 0.3) is 0 Å². The van der Waals surface area contributed by atoms with Gasteiger partial charge in [-0.2, -0.15) is 13.2 Å². The first kappa shape index (κ1) is 22.6. The summed E-state index contributed by atoms with van der Waals surface area (Å²) in [4.78, 5) is 38.7. The summed E-state index contributed by atoms with van der Waals surface area (Å²) < 4.78 is 43.0. The Bertz CT molecular complexity index is 940. The van der Waals surface area contributed by atoms with Gasteiger partial charge in [0.15, 0.2) is 12.4 Å². The van der Waals surface area contributed by atoms with Gasteiger partial charge in [0, 0.05) is 16.2 Å². The van der Waals surface area contributed by atoms with E-state index in [1.165, 1.54) is 0 Å². The normalized spacial score (nSPS) is 10.9. The van der Waals surface area contributed by atoms with Crippen LogP contribution in [0.5, 0.6) is 0 Å². The Balaban J connectivity index is 1.80. The van der Waals surface area contributed by atoms with E-state index in [-0.39, 0.29) is 5.82 Å². The van der Waals surface area contributed by atoms with Crippen LogP contribution in [-0.2, 0) is 20.5 Å². The van der Waals surface area contributed by atoms with Crippen LogP contribution in [0.1, 0.15) is 15.9 Å². The monoisotopic (exact) mass is 493 g/mol. The maximum Gasteiger partial charge on any atom is 0.417 e. The molecule has 2 amide bonds. The van der Waals surface area contributed by atoms with Gasteiger partial charge in [0.25, 0.3) is 11.8 Å². The van der Waals surface area contributed by atoms with Crippen LogP contribution in [0, 0.1) is 0 Å². The summed E-state index contributed by atoms with van der Waals surface area (Å²) in [5, 5.41) is 4.02. The molecule has 0 aliphatic carbocycles. The minimum absolute atomic E-state index is 0.313. The molecule has 0 saturated carbocycles. The highest BCUT2D eigenvalue weighted by Gasteiger charge is 2.31. The van der Waals surface area contributed by atoms with E-state index in [0.29, 0.717) is 22.3 Å². The van der Waals surface area contributed by atoms with Crippen LogP contribution in [0.15, 0.2) is 41.0 Å². The Labute approximate surface area is 175 Å². The molecule has 1 aromatic heterocycles. The average molecular weight is 495 g/mol. The Morgan fingerprint density at radius 3 is 2.55 bits per heavy atom. The maximum atomic E-state index is 12.6. The average Bonchev–Trinajstić information content (AvgIpc) is 2.65. The maximum absolute atomic E-state index is 12.6. The van der Waals surface area contributed by atoms with Gasteiger partial charge in [-0.05, 0) is 24.3 Å². The van der Waals surface area contributed by atoms with Crippen molar-refractivity contribution in [3.63, 3.8) is 0 Å². The van der Waals surface area contributed by atoms with E-state index >= 15 is 0 Å². The number of esters is 1. The highest BCUT2D eigenvalue weighted by Crippen LogP contribution is 2.32. The molecule has 0 fully saturated rings.